The van der Waals surface area contributed by atoms with Crippen molar-refractivity contribution < 1.29 is 4.74 Å². The third kappa shape index (κ3) is 5.41. The quantitative estimate of drug-likeness (QED) is 0.732. The van der Waals surface area contributed by atoms with Gasteiger partial charge in [0, 0.05) is 32.2 Å². The molecule has 5 heteroatoms. The zero-order chi connectivity index (χ0) is 11.9. The van der Waals surface area contributed by atoms with Crippen LogP contribution in [0.4, 0.5) is 0 Å². The Morgan fingerprint density at radius 1 is 1.17 bits per heavy atom. The number of hydrogen-bond donors (Lipinski definition) is 2. The van der Waals surface area contributed by atoms with Crippen molar-refractivity contribution in [3.05, 3.63) is 0 Å². The van der Waals surface area contributed by atoms with Gasteiger partial charge < -0.3 is 15.8 Å². The van der Waals surface area contributed by atoms with Gasteiger partial charge in [-0.05, 0) is 25.3 Å². The van der Waals surface area contributed by atoms with E-state index in [1.165, 1.54) is 25.7 Å². The van der Waals surface area contributed by atoms with Crippen LogP contribution < -0.4 is 11.1 Å². The first-order valence-electron chi connectivity index (χ1n) is 7.12. The molecule has 108 valence electrons. The molecule has 2 aliphatic rings. The lowest BCUT2D eigenvalue weighted by molar-refractivity contribution is 0.0383. The Labute approximate surface area is 117 Å². The van der Waals surface area contributed by atoms with Crippen molar-refractivity contribution in [2.24, 2.45) is 11.7 Å². The summed E-state index contributed by atoms with van der Waals surface area (Å²) in [5.74, 6) is 0.702. The van der Waals surface area contributed by atoms with Gasteiger partial charge in [-0.15, -0.1) is 12.4 Å². The van der Waals surface area contributed by atoms with Crippen molar-refractivity contribution in [3.8, 4) is 0 Å². The van der Waals surface area contributed by atoms with Gasteiger partial charge in [-0.1, -0.05) is 12.8 Å². The number of rotatable bonds is 5. The van der Waals surface area contributed by atoms with Crippen molar-refractivity contribution in [1.29, 1.82) is 0 Å². The summed E-state index contributed by atoms with van der Waals surface area (Å²) < 4.78 is 5.34. The normalized spacial score (nSPS) is 29.8. The number of morpholine rings is 1. The maximum absolute atomic E-state index is 6.14. The Kier molecular flexibility index (Phi) is 8.18. The first-order chi connectivity index (χ1) is 8.36. The number of nitrogens with one attached hydrogen (secondary N) is 1. The van der Waals surface area contributed by atoms with Crippen LogP contribution in [0.25, 0.3) is 0 Å². The van der Waals surface area contributed by atoms with E-state index in [0.29, 0.717) is 12.0 Å². The summed E-state index contributed by atoms with van der Waals surface area (Å²) in [6, 6.07) is 0.430. The van der Waals surface area contributed by atoms with Gasteiger partial charge in [0.1, 0.15) is 0 Å². The fraction of sp³-hybridized carbons (Fsp3) is 1.00. The van der Waals surface area contributed by atoms with Gasteiger partial charge in [-0.2, -0.15) is 0 Å². The Bertz CT molecular complexity index is 212. The van der Waals surface area contributed by atoms with E-state index in [-0.39, 0.29) is 12.4 Å². The Hall–Kier alpha value is 0.130. The second kappa shape index (κ2) is 9.10. The number of nitrogens with zero attached hydrogens (tertiary/aromatic N) is 1. The van der Waals surface area contributed by atoms with Crippen molar-refractivity contribution in [2.45, 2.75) is 31.7 Å². The molecular formula is C13H28ClN3O. The Morgan fingerprint density at radius 3 is 2.61 bits per heavy atom. The molecule has 2 fully saturated rings. The number of halogens is 1. The molecule has 2 rings (SSSR count). The van der Waals surface area contributed by atoms with Crippen LogP contribution in [-0.4, -0.2) is 56.9 Å². The highest BCUT2D eigenvalue weighted by Crippen LogP contribution is 2.21. The van der Waals surface area contributed by atoms with E-state index >= 15 is 0 Å². The second-order valence-corrected chi connectivity index (χ2v) is 5.37. The van der Waals surface area contributed by atoms with Crippen molar-refractivity contribution in [1.82, 2.24) is 10.2 Å². The fourth-order valence-electron chi connectivity index (χ4n) is 2.84. The van der Waals surface area contributed by atoms with Gasteiger partial charge in [0.15, 0.2) is 0 Å². The van der Waals surface area contributed by atoms with E-state index in [9.17, 15) is 0 Å². The van der Waals surface area contributed by atoms with Crippen molar-refractivity contribution in [2.75, 3.05) is 45.9 Å². The minimum absolute atomic E-state index is 0. The van der Waals surface area contributed by atoms with E-state index in [1.54, 1.807) is 0 Å². The molecule has 0 aromatic rings. The van der Waals surface area contributed by atoms with Crippen LogP contribution in [0.15, 0.2) is 0 Å². The van der Waals surface area contributed by atoms with Crippen LogP contribution >= 0.6 is 12.4 Å². The minimum Gasteiger partial charge on any atom is -0.379 e. The van der Waals surface area contributed by atoms with E-state index in [4.69, 9.17) is 10.5 Å². The predicted molar refractivity (Wildman–Crippen MR) is 77.3 cm³/mol. The molecule has 3 N–H and O–H groups in total. The predicted octanol–water partition coefficient (Wildman–Crippen LogP) is 0.847. The van der Waals surface area contributed by atoms with Crippen LogP contribution in [-0.2, 0) is 4.74 Å². The largest absolute Gasteiger partial charge is 0.379 e. The number of ether oxygens (including phenoxy) is 1. The summed E-state index contributed by atoms with van der Waals surface area (Å²) in [7, 11) is 0. The molecule has 0 amide bonds. The Balaban J connectivity index is 0.00000162. The molecule has 0 aromatic carbocycles. The summed E-state index contributed by atoms with van der Waals surface area (Å²) >= 11 is 0. The Morgan fingerprint density at radius 2 is 1.89 bits per heavy atom. The van der Waals surface area contributed by atoms with Gasteiger partial charge in [0.05, 0.1) is 13.2 Å². The zero-order valence-corrected chi connectivity index (χ0v) is 12.1. The third-order valence-electron chi connectivity index (χ3n) is 4.08. The highest BCUT2D eigenvalue weighted by atomic mass is 35.5. The highest BCUT2D eigenvalue weighted by Gasteiger charge is 2.21. The molecule has 4 nitrogen and oxygen atoms in total. The van der Waals surface area contributed by atoms with E-state index in [2.05, 4.69) is 10.2 Å². The van der Waals surface area contributed by atoms with E-state index in [1.807, 2.05) is 0 Å². The fourth-order valence-corrected chi connectivity index (χ4v) is 2.84. The van der Waals surface area contributed by atoms with Crippen LogP contribution in [0.1, 0.15) is 25.7 Å². The second-order valence-electron chi connectivity index (χ2n) is 5.37. The van der Waals surface area contributed by atoms with Crippen LogP contribution in [0.3, 0.4) is 0 Å². The topological polar surface area (TPSA) is 50.5 Å². The number of hydrogen-bond acceptors (Lipinski definition) is 4. The summed E-state index contributed by atoms with van der Waals surface area (Å²) in [5.41, 5.74) is 6.14. The maximum Gasteiger partial charge on any atom is 0.0594 e. The molecule has 0 spiro atoms. The molecule has 0 unspecified atom stereocenters. The molecule has 1 aliphatic heterocycles. The lowest BCUT2D eigenvalue weighted by Gasteiger charge is -2.30. The molecule has 1 saturated heterocycles. The number of nitrogens with two attached hydrogens (primary N) is 1. The maximum atomic E-state index is 6.14. The molecule has 18 heavy (non-hydrogen) atoms. The van der Waals surface area contributed by atoms with Crippen LogP contribution in [0.2, 0.25) is 0 Å². The molecule has 2 atom stereocenters. The monoisotopic (exact) mass is 277 g/mol. The summed E-state index contributed by atoms with van der Waals surface area (Å²) in [4.78, 5) is 2.47. The van der Waals surface area contributed by atoms with E-state index < -0.39 is 0 Å². The molecule has 0 bridgehead atoms. The van der Waals surface area contributed by atoms with Crippen LogP contribution in [0.5, 0.6) is 0 Å². The average Bonchev–Trinajstić information content (AvgIpc) is 2.38. The van der Waals surface area contributed by atoms with Crippen LogP contribution in [0, 0.1) is 5.92 Å². The van der Waals surface area contributed by atoms with Gasteiger partial charge in [-0.3, -0.25) is 4.90 Å². The third-order valence-corrected chi connectivity index (χ3v) is 4.08. The zero-order valence-electron chi connectivity index (χ0n) is 11.3. The van der Waals surface area contributed by atoms with Crippen molar-refractivity contribution >= 4 is 12.4 Å². The molecule has 1 heterocycles. The smallest absolute Gasteiger partial charge is 0.0594 e. The first kappa shape index (κ1) is 16.2. The average molecular weight is 278 g/mol. The summed E-state index contributed by atoms with van der Waals surface area (Å²) in [5, 5.41) is 3.57. The standard InChI is InChI=1S/C13H27N3O.ClH/c14-13-4-2-1-3-12(13)11-15-5-6-16-7-9-17-10-8-16;/h12-13,15H,1-11,14H2;1H/t12-,13-;/m0./s1. The molecule has 0 aromatic heterocycles. The lowest BCUT2D eigenvalue weighted by Crippen LogP contribution is -2.43. The van der Waals surface area contributed by atoms with Crippen molar-refractivity contribution in [3.63, 3.8) is 0 Å². The SMILES string of the molecule is Cl.N[C@H]1CCCC[C@H]1CNCCN1CCOCC1. The molecule has 1 aliphatic carbocycles. The molecular weight excluding hydrogens is 250 g/mol. The summed E-state index contributed by atoms with van der Waals surface area (Å²) in [6.07, 6.45) is 5.22. The van der Waals surface area contributed by atoms with Gasteiger partial charge >= 0.3 is 0 Å². The summed E-state index contributed by atoms with van der Waals surface area (Å²) in [6.45, 7) is 7.30. The van der Waals surface area contributed by atoms with Gasteiger partial charge in [-0.25, -0.2) is 0 Å². The van der Waals surface area contributed by atoms with E-state index in [0.717, 1.165) is 45.9 Å². The highest BCUT2D eigenvalue weighted by molar-refractivity contribution is 5.85. The minimum atomic E-state index is 0. The molecule has 0 radical (unpaired) electrons. The first-order valence-corrected chi connectivity index (χ1v) is 7.12. The van der Waals surface area contributed by atoms with Gasteiger partial charge in [0.25, 0.3) is 0 Å². The lowest BCUT2D eigenvalue weighted by atomic mass is 9.85. The molecule has 1 saturated carbocycles. The van der Waals surface area contributed by atoms with Gasteiger partial charge in [0.2, 0.25) is 0 Å².